The van der Waals surface area contributed by atoms with Crippen molar-refractivity contribution in [1.82, 2.24) is 20.3 Å². The summed E-state index contributed by atoms with van der Waals surface area (Å²) >= 11 is 0. The molecule has 2 rings (SSSR count). The van der Waals surface area contributed by atoms with Crippen LogP contribution in [0.2, 0.25) is 0 Å². The molecule has 0 radical (unpaired) electrons. The summed E-state index contributed by atoms with van der Waals surface area (Å²) in [5.74, 6) is 0. The summed E-state index contributed by atoms with van der Waals surface area (Å²) in [5.41, 5.74) is 3.41. The zero-order valence-corrected chi connectivity index (χ0v) is 10.5. The van der Waals surface area contributed by atoms with Crippen LogP contribution in [-0.2, 0) is 19.6 Å². The summed E-state index contributed by atoms with van der Waals surface area (Å²) < 4.78 is 1.64. The van der Waals surface area contributed by atoms with E-state index in [0.717, 1.165) is 12.2 Å². The molecular weight excluding hydrogens is 228 g/mol. The van der Waals surface area contributed by atoms with Crippen molar-refractivity contribution in [2.45, 2.75) is 26.6 Å². The van der Waals surface area contributed by atoms with Crippen LogP contribution in [-0.4, -0.2) is 26.7 Å². The summed E-state index contributed by atoms with van der Waals surface area (Å²) in [4.78, 5) is 0. The second-order valence-corrected chi connectivity index (χ2v) is 4.29. The van der Waals surface area contributed by atoms with Crippen LogP contribution >= 0.6 is 0 Å². The van der Waals surface area contributed by atoms with Crippen LogP contribution in [0, 0.1) is 6.92 Å². The lowest BCUT2D eigenvalue weighted by Gasteiger charge is -2.03. The zero-order valence-electron chi connectivity index (χ0n) is 10.5. The predicted molar refractivity (Wildman–Crippen MR) is 68.8 cm³/mol. The van der Waals surface area contributed by atoms with Gasteiger partial charge in [0.05, 0.1) is 18.8 Å². The van der Waals surface area contributed by atoms with Crippen LogP contribution in [0.25, 0.3) is 0 Å². The first kappa shape index (κ1) is 12.7. The van der Waals surface area contributed by atoms with Gasteiger partial charge in [-0.15, -0.1) is 5.10 Å². The highest BCUT2D eigenvalue weighted by Gasteiger charge is 2.00. The van der Waals surface area contributed by atoms with E-state index in [0.29, 0.717) is 13.1 Å². The van der Waals surface area contributed by atoms with Gasteiger partial charge >= 0.3 is 0 Å². The maximum absolute atomic E-state index is 8.78. The fourth-order valence-corrected chi connectivity index (χ4v) is 1.79. The van der Waals surface area contributed by atoms with E-state index in [1.54, 1.807) is 4.68 Å². The summed E-state index contributed by atoms with van der Waals surface area (Å²) in [6.45, 7) is 4.16. The van der Waals surface area contributed by atoms with Crippen molar-refractivity contribution >= 4 is 0 Å². The molecule has 0 atom stereocenters. The van der Waals surface area contributed by atoms with E-state index in [1.807, 2.05) is 6.20 Å². The van der Waals surface area contributed by atoms with E-state index in [9.17, 15) is 0 Å². The Hall–Kier alpha value is -1.72. The molecule has 2 aromatic rings. The van der Waals surface area contributed by atoms with Gasteiger partial charge in [0.25, 0.3) is 0 Å². The van der Waals surface area contributed by atoms with Crippen molar-refractivity contribution in [1.29, 1.82) is 0 Å². The molecule has 96 valence electrons. The smallest absolute Gasteiger partial charge is 0.0964 e. The number of hydrogen-bond donors (Lipinski definition) is 2. The molecule has 0 spiro atoms. The number of nitrogens with zero attached hydrogens (tertiary/aromatic N) is 3. The van der Waals surface area contributed by atoms with Crippen molar-refractivity contribution in [3.63, 3.8) is 0 Å². The van der Waals surface area contributed by atoms with Gasteiger partial charge in [-0.1, -0.05) is 35.0 Å². The van der Waals surface area contributed by atoms with Crippen LogP contribution in [0.3, 0.4) is 0 Å². The summed E-state index contributed by atoms with van der Waals surface area (Å²) in [6.07, 6.45) is 1.85. The first-order valence-corrected chi connectivity index (χ1v) is 6.04. The van der Waals surface area contributed by atoms with Gasteiger partial charge < -0.3 is 10.4 Å². The molecule has 0 aliphatic carbocycles. The highest BCUT2D eigenvalue weighted by Crippen LogP contribution is 2.03. The highest BCUT2D eigenvalue weighted by molar-refractivity contribution is 5.21. The molecule has 0 unspecified atom stereocenters. The monoisotopic (exact) mass is 246 g/mol. The minimum atomic E-state index is 0.0829. The molecular formula is C13H18N4O. The van der Waals surface area contributed by atoms with Crippen molar-refractivity contribution in [2.75, 3.05) is 6.61 Å². The Balaban J connectivity index is 1.81. The molecule has 0 bridgehead atoms. The Labute approximate surface area is 106 Å². The first-order chi connectivity index (χ1) is 8.78. The second-order valence-electron chi connectivity index (χ2n) is 4.29. The van der Waals surface area contributed by atoms with E-state index in [2.05, 4.69) is 46.8 Å². The number of aromatic nitrogens is 3. The number of aryl methyl sites for hydroxylation is 1. The molecule has 5 nitrogen and oxygen atoms in total. The van der Waals surface area contributed by atoms with Gasteiger partial charge in [0.1, 0.15) is 0 Å². The third-order valence-electron chi connectivity index (χ3n) is 2.63. The summed E-state index contributed by atoms with van der Waals surface area (Å²) in [6, 6.07) is 8.41. The molecule has 1 aromatic carbocycles. The normalized spacial score (nSPS) is 10.8. The molecule has 0 saturated carbocycles. The number of aliphatic hydroxyl groups is 1. The molecule has 0 saturated heterocycles. The van der Waals surface area contributed by atoms with Crippen LogP contribution in [0.4, 0.5) is 0 Å². The molecule has 1 heterocycles. The van der Waals surface area contributed by atoms with E-state index in [-0.39, 0.29) is 6.61 Å². The Morgan fingerprint density at radius 2 is 2.22 bits per heavy atom. The van der Waals surface area contributed by atoms with Crippen LogP contribution in [0.1, 0.15) is 16.8 Å². The lowest BCUT2D eigenvalue weighted by Crippen LogP contribution is -2.13. The third kappa shape index (κ3) is 3.65. The second kappa shape index (κ2) is 6.28. The van der Waals surface area contributed by atoms with E-state index < -0.39 is 0 Å². The van der Waals surface area contributed by atoms with E-state index in [4.69, 9.17) is 5.11 Å². The summed E-state index contributed by atoms with van der Waals surface area (Å²) in [7, 11) is 0. The van der Waals surface area contributed by atoms with Crippen LogP contribution in [0.5, 0.6) is 0 Å². The molecule has 0 amide bonds. The number of benzene rings is 1. The van der Waals surface area contributed by atoms with Crippen molar-refractivity contribution in [3.8, 4) is 0 Å². The lowest BCUT2D eigenvalue weighted by atomic mass is 10.1. The quantitative estimate of drug-likeness (QED) is 0.794. The van der Waals surface area contributed by atoms with Gasteiger partial charge in [0, 0.05) is 19.3 Å². The standard InChI is InChI=1S/C13H18N4O/c1-11-3-2-4-12(7-11)8-14-9-13-10-17(5-6-18)16-15-13/h2-4,7,10,14,18H,5-6,8-9H2,1H3. The fourth-order valence-electron chi connectivity index (χ4n) is 1.79. The number of rotatable bonds is 6. The topological polar surface area (TPSA) is 63.0 Å². The Bertz CT molecular complexity index is 495. The van der Waals surface area contributed by atoms with Gasteiger partial charge in [0.2, 0.25) is 0 Å². The van der Waals surface area contributed by atoms with Gasteiger partial charge in [-0.3, -0.25) is 0 Å². The van der Waals surface area contributed by atoms with Gasteiger partial charge in [0.15, 0.2) is 0 Å². The number of hydrogen-bond acceptors (Lipinski definition) is 4. The molecule has 0 aliphatic rings. The molecule has 0 fully saturated rings. The minimum Gasteiger partial charge on any atom is -0.394 e. The minimum absolute atomic E-state index is 0.0829. The van der Waals surface area contributed by atoms with E-state index in [1.165, 1.54) is 11.1 Å². The average Bonchev–Trinajstić information content (AvgIpc) is 2.78. The molecule has 1 aromatic heterocycles. The van der Waals surface area contributed by atoms with E-state index >= 15 is 0 Å². The molecule has 5 heteroatoms. The third-order valence-corrected chi connectivity index (χ3v) is 2.63. The SMILES string of the molecule is Cc1cccc(CNCc2cn(CCO)nn2)c1. The van der Waals surface area contributed by atoms with Gasteiger partial charge in [-0.05, 0) is 12.5 Å². The number of nitrogens with one attached hydrogen (secondary N) is 1. The Morgan fingerprint density at radius 3 is 3.00 bits per heavy atom. The molecule has 18 heavy (non-hydrogen) atoms. The average molecular weight is 246 g/mol. The Kier molecular flexibility index (Phi) is 4.44. The molecule has 0 aliphatic heterocycles. The van der Waals surface area contributed by atoms with Crippen molar-refractivity contribution in [3.05, 3.63) is 47.3 Å². The van der Waals surface area contributed by atoms with Crippen LogP contribution in [0.15, 0.2) is 30.5 Å². The fraction of sp³-hybridized carbons (Fsp3) is 0.385. The van der Waals surface area contributed by atoms with Gasteiger partial charge in [-0.25, -0.2) is 4.68 Å². The van der Waals surface area contributed by atoms with Crippen molar-refractivity contribution < 1.29 is 5.11 Å². The largest absolute Gasteiger partial charge is 0.394 e. The summed E-state index contributed by atoms with van der Waals surface area (Å²) in [5, 5.41) is 20.0. The van der Waals surface area contributed by atoms with Gasteiger partial charge in [-0.2, -0.15) is 0 Å². The van der Waals surface area contributed by atoms with Crippen LogP contribution < -0.4 is 5.32 Å². The van der Waals surface area contributed by atoms with Crippen molar-refractivity contribution in [2.24, 2.45) is 0 Å². The lowest BCUT2D eigenvalue weighted by molar-refractivity contribution is 0.268. The maximum atomic E-state index is 8.78. The zero-order chi connectivity index (χ0) is 12.8. The number of aliphatic hydroxyl groups excluding tert-OH is 1. The maximum Gasteiger partial charge on any atom is 0.0964 e. The molecule has 2 N–H and O–H groups in total. The first-order valence-electron chi connectivity index (χ1n) is 6.04. The Morgan fingerprint density at radius 1 is 1.33 bits per heavy atom. The highest BCUT2D eigenvalue weighted by atomic mass is 16.3. The predicted octanol–water partition coefficient (Wildman–Crippen LogP) is 0.869.